The Balaban J connectivity index is 2.37. The molecular formula is C14H21NO3. The lowest BCUT2D eigenvalue weighted by Crippen LogP contribution is -2.46. The normalized spacial score (nSPS) is 21.8. The quantitative estimate of drug-likeness (QED) is 0.705. The number of nitrogens with one attached hydrogen (secondary N) is 1. The van der Waals surface area contributed by atoms with Crippen LogP contribution in [0.1, 0.15) is 31.4 Å². The predicted octanol–water partition coefficient (Wildman–Crippen LogP) is 1.15. The van der Waals surface area contributed by atoms with E-state index < -0.39 is 5.79 Å². The minimum atomic E-state index is -1.78. The largest absolute Gasteiger partial charge is 0.496 e. The van der Waals surface area contributed by atoms with Gasteiger partial charge in [0.1, 0.15) is 5.75 Å². The maximum Gasteiger partial charge on any atom is 0.191 e. The van der Waals surface area contributed by atoms with E-state index in [4.69, 9.17) is 4.74 Å². The van der Waals surface area contributed by atoms with Crippen LogP contribution in [0, 0.1) is 0 Å². The highest BCUT2D eigenvalue weighted by Crippen LogP contribution is 2.37. The molecule has 0 aliphatic heterocycles. The van der Waals surface area contributed by atoms with Gasteiger partial charge in [-0.05, 0) is 12.5 Å². The number of hydrogen-bond donors (Lipinski definition) is 3. The molecular weight excluding hydrogens is 230 g/mol. The second-order valence-electron chi connectivity index (χ2n) is 5.23. The number of aliphatic hydroxyl groups is 2. The summed E-state index contributed by atoms with van der Waals surface area (Å²) in [5.41, 5.74) is 1.44. The zero-order valence-corrected chi connectivity index (χ0v) is 11.1. The zero-order chi connectivity index (χ0) is 13.3. The van der Waals surface area contributed by atoms with E-state index in [1.54, 1.807) is 19.2 Å². The highest BCUT2D eigenvalue weighted by molar-refractivity contribution is 5.44. The van der Waals surface area contributed by atoms with Crippen molar-refractivity contribution in [3.63, 3.8) is 0 Å². The molecule has 4 heteroatoms. The van der Waals surface area contributed by atoms with E-state index in [-0.39, 0.29) is 6.04 Å². The number of ether oxygens (including phenoxy) is 1. The van der Waals surface area contributed by atoms with Crippen molar-refractivity contribution in [1.29, 1.82) is 0 Å². The summed E-state index contributed by atoms with van der Waals surface area (Å²) in [6.07, 6.45) is 1.05. The standard InChI is InChI=1S/C14H21NO3/c1-9(2)15-10-7-11-12(14(16,17)8-10)5-4-6-13(11)18-3/h4-6,9-10,15-17H,7-8H2,1-3H3. The van der Waals surface area contributed by atoms with Gasteiger partial charge in [0.15, 0.2) is 5.79 Å². The lowest BCUT2D eigenvalue weighted by Gasteiger charge is -2.36. The average molecular weight is 251 g/mol. The van der Waals surface area contributed by atoms with Crippen LogP contribution in [0.3, 0.4) is 0 Å². The topological polar surface area (TPSA) is 61.7 Å². The molecule has 0 amide bonds. The molecule has 100 valence electrons. The molecule has 0 aromatic heterocycles. The fourth-order valence-corrected chi connectivity index (χ4v) is 2.70. The van der Waals surface area contributed by atoms with Crippen LogP contribution in [0.5, 0.6) is 5.75 Å². The predicted molar refractivity (Wildman–Crippen MR) is 69.5 cm³/mol. The Bertz CT molecular complexity index is 429. The maximum absolute atomic E-state index is 10.2. The lowest BCUT2D eigenvalue weighted by molar-refractivity contribution is -0.184. The summed E-state index contributed by atoms with van der Waals surface area (Å²) >= 11 is 0. The first-order valence-electron chi connectivity index (χ1n) is 6.31. The third-order valence-corrected chi connectivity index (χ3v) is 3.33. The van der Waals surface area contributed by atoms with Gasteiger partial charge in [-0.1, -0.05) is 26.0 Å². The van der Waals surface area contributed by atoms with Crippen LogP contribution in [-0.4, -0.2) is 29.4 Å². The van der Waals surface area contributed by atoms with E-state index in [2.05, 4.69) is 5.32 Å². The van der Waals surface area contributed by atoms with Crippen LogP contribution in [-0.2, 0) is 12.2 Å². The molecule has 0 saturated carbocycles. The van der Waals surface area contributed by atoms with Crippen LogP contribution in [0.2, 0.25) is 0 Å². The Kier molecular flexibility index (Phi) is 3.61. The van der Waals surface area contributed by atoms with Gasteiger partial charge in [0, 0.05) is 29.6 Å². The Morgan fingerprint density at radius 3 is 2.72 bits per heavy atom. The van der Waals surface area contributed by atoms with Gasteiger partial charge in [-0.3, -0.25) is 0 Å². The molecule has 1 aromatic rings. The maximum atomic E-state index is 10.2. The van der Waals surface area contributed by atoms with Crippen LogP contribution in [0.25, 0.3) is 0 Å². The minimum Gasteiger partial charge on any atom is -0.496 e. The summed E-state index contributed by atoms with van der Waals surface area (Å²) in [4.78, 5) is 0. The van der Waals surface area contributed by atoms with E-state index in [0.717, 1.165) is 17.7 Å². The summed E-state index contributed by atoms with van der Waals surface area (Å²) in [5.74, 6) is -1.07. The molecule has 1 aliphatic carbocycles. The molecule has 0 saturated heterocycles. The summed E-state index contributed by atoms with van der Waals surface area (Å²) in [5, 5.41) is 23.7. The Morgan fingerprint density at radius 1 is 1.39 bits per heavy atom. The summed E-state index contributed by atoms with van der Waals surface area (Å²) in [6, 6.07) is 5.75. The van der Waals surface area contributed by atoms with E-state index in [0.29, 0.717) is 18.0 Å². The first kappa shape index (κ1) is 13.3. The molecule has 0 bridgehead atoms. The fraction of sp³-hybridized carbons (Fsp3) is 0.571. The molecule has 1 aromatic carbocycles. The first-order valence-corrected chi connectivity index (χ1v) is 6.31. The van der Waals surface area contributed by atoms with Crippen molar-refractivity contribution in [2.45, 2.75) is 44.6 Å². The van der Waals surface area contributed by atoms with Gasteiger partial charge < -0.3 is 20.3 Å². The molecule has 4 nitrogen and oxygen atoms in total. The van der Waals surface area contributed by atoms with Crippen molar-refractivity contribution < 1.29 is 14.9 Å². The van der Waals surface area contributed by atoms with E-state index in [1.165, 1.54) is 0 Å². The molecule has 2 rings (SSSR count). The molecule has 1 atom stereocenters. The number of fused-ring (bicyclic) bond motifs is 1. The summed E-state index contributed by atoms with van der Waals surface area (Å²) in [7, 11) is 1.60. The Hall–Kier alpha value is -1.10. The molecule has 0 spiro atoms. The number of hydrogen-bond acceptors (Lipinski definition) is 4. The number of rotatable bonds is 3. The highest BCUT2D eigenvalue weighted by Gasteiger charge is 2.38. The van der Waals surface area contributed by atoms with Crippen molar-refractivity contribution in [2.24, 2.45) is 0 Å². The SMILES string of the molecule is COc1cccc2c1CC(NC(C)C)CC2(O)O. The van der Waals surface area contributed by atoms with Gasteiger partial charge in [-0.25, -0.2) is 0 Å². The van der Waals surface area contributed by atoms with Crippen LogP contribution >= 0.6 is 0 Å². The van der Waals surface area contributed by atoms with Gasteiger partial charge in [-0.15, -0.1) is 0 Å². The van der Waals surface area contributed by atoms with Gasteiger partial charge in [0.05, 0.1) is 7.11 Å². The molecule has 1 aliphatic rings. The Morgan fingerprint density at radius 2 is 2.11 bits per heavy atom. The average Bonchev–Trinajstić information content (AvgIpc) is 2.26. The van der Waals surface area contributed by atoms with Crippen LogP contribution in [0.4, 0.5) is 0 Å². The fourth-order valence-electron chi connectivity index (χ4n) is 2.70. The lowest BCUT2D eigenvalue weighted by atomic mass is 9.83. The van der Waals surface area contributed by atoms with Crippen molar-refractivity contribution in [2.75, 3.05) is 7.11 Å². The Labute approximate surface area is 108 Å². The third-order valence-electron chi connectivity index (χ3n) is 3.33. The molecule has 0 heterocycles. The summed E-state index contributed by atoms with van der Waals surface area (Å²) < 4.78 is 5.31. The van der Waals surface area contributed by atoms with Gasteiger partial charge in [-0.2, -0.15) is 0 Å². The van der Waals surface area contributed by atoms with Crippen molar-refractivity contribution in [3.05, 3.63) is 29.3 Å². The molecule has 0 radical (unpaired) electrons. The van der Waals surface area contributed by atoms with Crippen molar-refractivity contribution >= 4 is 0 Å². The minimum absolute atomic E-state index is 0.0452. The second-order valence-corrected chi connectivity index (χ2v) is 5.23. The third kappa shape index (κ3) is 2.51. The van der Waals surface area contributed by atoms with Crippen molar-refractivity contribution in [3.8, 4) is 5.75 Å². The van der Waals surface area contributed by atoms with E-state index in [9.17, 15) is 10.2 Å². The first-order chi connectivity index (χ1) is 8.44. The number of benzene rings is 1. The molecule has 18 heavy (non-hydrogen) atoms. The van der Waals surface area contributed by atoms with E-state index >= 15 is 0 Å². The smallest absolute Gasteiger partial charge is 0.191 e. The molecule has 0 fully saturated rings. The summed E-state index contributed by atoms with van der Waals surface area (Å²) in [6.45, 7) is 4.10. The number of methoxy groups -OCH3 is 1. The van der Waals surface area contributed by atoms with Crippen LogP contribution < -0.4 is 10.1 Å². The van der Waals surface area contributed by atoms with Gasteiger partial charge in [0.2, 0.25) is 0 Å². The highest BCUT2D eigenvalue weighted by atomic mass is 16.5. The van der Waals surface area contributed by atoms with Crippen molar-refractivity contribution in [1.82, 2.24) is 5.32 Å². The molecule has 1 unspecified atom stereocenters. The zero-order valence-electron chi connectivity index (χ0n) is 11.1. The van der Waals surface area contributed by atoms with Crippen LogP contribution in [0.15, 0.2) is 18.2 Å². The van der Waals surface area contributed by atoms with Gasteiger partial charge in [0.25, 0.3) is 0 Å². The van der Waals surface area contributed by atoms with E-state index in [1.807, 2.05) is 19.9 Å². The second kappa shape index (κ2) is 4.88. The van der Waals surface area contributed by atoms with Gasteiger partial charge >= 0.3 is 0 Å². The molecule has 3 N–H and O–H groups in total. The monoisotopic (exact) mass is 251 g/mol.